The third-order valence-electron chi connectivity index (χ3n) is 2.79. The monoisotopic (exact) mass is 299 g/mol. The molecule has 0 aliphatic heterocycles. The van der Waals surface area contributed by atoms with Gasteiger partial charge in [-0.15, -0.1) is 0 Å². The largest absolute Gasteiger partial charge is 0.462 e. The number of esters is 1. The molecule has 0 spiro atoms. The van der Waals surface area contributed by atoms with E-state index in [0.29, 0.717) is 11.4 Å². The van der Waals surface area contributed by atoms with Crippen molar-refractivity contribution in [2.45, 2.75) is 13.8 Å². The molecule has 5 nitrogen and oxygen atoms in total. The van der Waals surface area contributed by atoms with Crippen molar-refractivity contribution in [3.63, 3.8) is 0 Å². The molecule has 0 bridgehead atoms. The van der Waals surface area contributed by atoms with E-state index in [9.17, 15) is 9.59 Å². The van der Waals surface area contributed by atoms with Crippen LogP contribution in [0.25, 0.3) is 6.08 Å². The van der Waals surface area contributed by atoms with Crippen LogP contribution in [0.15, 0.2) is 46.9 Å². The van der Waals surface area contributed by atoms with Crippen LogP contribution < -0.4 is 5.32 Å². The van der Waals surface area contributed by atoms with Gasteiger partial charge in [-0.1, -0.05) is 12.1 Å². The number of amides is 1. The molecule has 114 valence electrons. The van der Waals surface area contributed by atoms with Gasteiger partial charge in [0.05, 0.1) is 0 Å². The Labute approximate surface area is 128 Å². The highest BCUT2D eigenvalue weighted by molar-refractivity contribution is 5.94. The van der Waals surface area contributed by atoms with Gasteiger partial charge in [0.15, 0.2) is 6.61 Å². The zero-order valence-electron chi connectivity index (χ0n) is 12.5. The molecule has 0 radical (unpaired) electrons. The van der Waals surface area contributed by atoms with Gasteiger partial charge in [0.1, 0.15) is 11.5 Å². The number of furan rings is 1. The highest BCUT2D eigenvalue weighted by Gasteiger charge is 2.06. The zero-order chi connectivity index (χ0) is 15.9. The van der Waals surface area contributed by atoms with E-state index in [-0.39, 0.29) is 12.5 Å². The average molecular weight is 299 g/mol. The lowest BCUT2D eigenvalue weighted by Crippen LogP contribution is -2.20. The quantitative estimate of drug-likeness (QED) is 0.680. The second-order valence-electron chi connectivity index (χ2n) is 4.81. The summed E-state index contributed by atoms with van der Waals surface area (Å²) in [7, 11) is 0. The molecule has 0 saturated carbocycles. The smallest absolute Gasteiger partial charge is 0.331 e. The molecule has 0 atom stereocenters. The number of hydrogen-bond donors (Lipinski definition) is 1. The van der Waals surface area contributed by atoms with E-state index in [1.807, 2.05) is 32.0 Å². The van der Waals surface area contributed by atoms with Gasteiger partial charge >= 0.3 is 5.97 Å². The highest BCUT2D eigenvalue weighted by Crippen LogP contribution is 2.09. The minimum Gasteiger partial charge on any atom is -0.462 e. The summed E-state index contributed by atoms with van der Waals surface area (Å²) in [6, 6.07) is 10.9. The normalized spacial score (nSPS) is 10.6. The van der Waals surface area contributed by atoms with E-state index in [4.69, 9.17) is 9.15 Å². The van der Waals surface area contributed by atoms with Crippen molar-refractivity contribution < 1.29 is 18.7 Å². The molecule has 0 unspecified atom stereocenters. The fourth-order valence-electron chi connectivity index (χ4n) is 1.80. The molecular weight excluding hydrogens is 282 g/mol. The number of nitrogens with one attached hydrogen (secondary N) is 1. The number of benzene rings is 1. The summed E-state index contributed by atoms with van der Waals surface area (Å²) in [5.41, 5.74) is 1.70. The molecule has 1 aromatic carbocycles. The van der Waals surface area contributed by atoms with Crippen molar-refractivity contribution >= 4 is 23.6 Å². The predicted molar refractivity (Wildman–Crippen MR) is 83.2 cm³/mol. The van der Waals surface area contributed by atoms with Gasteiger partial charge in [-0.25, -0.2) is 4.79 Å². The van der Waals surface area contributed by atoms with Crippen molar-refractivity contribution in [2.24, 2.45) is 0 Å². The van der Waals surface area contributed by atoms with E-state index in [0.717, 1.165) is 11.3 Å². The summed E-state index contributed by atoms with van der Waals surface area (Å²) in [5, 5.41) is 2.66. The minimum absolute atomic E-state index is 0.339. The van der Waals surface area contributed by atoms with Crippen molar-refractivity contribution in [1.82, 2.24) is 0 Å². The van der Waals surface area contributed by atoms with Crippen LogP contribution >= 0.6 is 0 Å². The summed E-state index contributed by atoms with van der Waals surface area (Å²) in [4.78, 5) is 23.2. The van der Waals surface area contributed by atoms with Gasteiger partial charge < -0.3 is 14.5 Å². The first-order valence-electron chi connectivity index (χ1n) is 6.81. The number of anilines is 1. The summed E-state index contributed by atoms with van der Waals surface area (Å²) < 4.78 is 10.1. The number of ether oxygens (including phenoxy) is 1. The number of aryl methyl sites for hydroxylation is 2. The zero-order valence-corrected chi connectivity index (χ0v) is 12.5. The summed E-state index contributed by atoms with van der Waals surface area (Å²) in [6.45, 7) is 3.40. The molecule has 22 heavy (non-hydrogen) atoms. The van der Waals surface area contributed by atoms with Crippen LogP contribution in [0.4, 0.5) is 5.69 Å². The maximum absolute atomic E-state index is 11.7. The van der Waals surface area contributed by atoms with Crippen LogP contribution in [0.2, 0.25) is 0 Å². The lowest BCUT2D eigenvalue weighted by molar-refractivity contribution is -0.142. The van der Waals surface area contributed by atoms with Gasteiger partial charge in [-0.3, -0.25) is 4.79 Å². The maximum atomic E-state index is 11.7. The van der Waals surface area contributed by atoms with Gasteiger partial charge in [0, 0.05) is 11.8 Å². The molecule has 0 fully saturated rings. The summed E-state index contributed by atoms with van der Waals surface area (Å²) in [5.74, 6) is 0.318. The Balaban J connectivity index is 1.78. The van der Waals surface area contributed by atoms with Crippen LogP contribution in [0, 0.1) is 13.8 Å². The standard InChI is InChI=1S/C17H17NO4/c1-12-4-3-5-14(10-12)18-16(19)11-21-17(20)9-8-15-7-6-13(2)22-15/h3-10H,11H2,1-2H3,(H,18,19). The van der Waals surface area contributed by atoms with E-state index >= 15 is 0 Å². The first-order valence-corrected chi connectivity index (χ1v) is 6.81. The minimum atomic E-state index is -0.603. The SMILES string of the molecule is Cc1cccc(NC(=O)COC(=O)C=Cc2ccc(C)o2)c1. The number of rotatable bonds is 5. The van der Waals surface area contributed by atoms with Crippen LogP contribution in [0.5, 0.6) is 0 Å². The maximum Gasteiger partial charge on any atom is 0.331 e. The number of carbonyl (C=O) groups excluding carboxylic acids is 2. The molecule has 1 aromatic heterocycles. The Morgan fingerprint density at radius 3 is 2.73 bits per heavy atom. The van der Waals surface area contributed by atoms with Gasteiger partial charge in [-0.2, -0.15) is 0 Å². The molecule has 2 aromatic rings. The van der Waals surface area contributed by atoms with Crippen molar-refractivity contribution in [2.75, 3.05) is 11.9 Å². The Morgan fingerprint density at radius 2 is 2.05 bits per heavy atom. The van der Waals surface area contributed by atoms with Crippen molar-refractivity contribution in [1.29, 1.82) is 0 Å². The Morgan fingerprint density at radius 1 is 1.23 bits per heavy atom. The Hall–Kier alpha value is -2.82. The fourth-order valence-corrected chi connectivity index (χ4v) is 1.80. The summed E-state index contributed by atoms with van der Waals surface area (Å²) in [6.07, 6.45) is 2.71. The third-order valence-corrected chi connectivity index (χ3v) is 2.79. The van der Waals surface area contributed by atoms with Gasteiger partial charge in [-0.05, 0) is 49.8 Å². The van der Waals surface area contributed by atoms with E-state index in [1.54, 1.807) is 18.2 Å². The third kappa shape index (κ3) is 4.94. The van der Waals surface area contributed by atoms with Crippen molar-refractivity contribution in [3.05, 3.63) is 59.6 Å². The molecule has 0 aliphatic carbocycles. The van der Waals surface area contributed by atoms with E-state index in [2.05, 4.69) is 5.32 Å². The molecule has 1 N–H and O–H groups in total. The lowest BCUT2D eigenvalue weighted by Gasteiger charge is -2.05. The Kier molecular flexibility index (Phi) is 5.14. The van der Waals surface area contributed by atoms with Crippen LogP contribution in [0.1, 0.15) is 17.1 Å². The second-order valence-corrected chi connectivity index (χ2v) is 4.81. The predicted octanol–water partition coefficient (Wildman–Crippen LogP) is 3.09. The molecule has 0 aliphatic rings. The molecule has 1 amide bonds. The molecule has 1 heterocycles. The molecule has 0 saturated heterocycles. The van der Waals surface area contributed by atoms with Gasteiger partial charge in [0.25, 0.3) is 5.91 Å². The molecule has 2 rings (SSSR count). The highest BCUT2D eigenvalue weighted by atomic mass is 16.5. The van der Waals surface area contributed by atoms with Crippen molar-refractivity contribution in [3.8, 4) is 0 Å². The fraction of sp³-hybridized carbons (Fsp3) is 0.176. The summed E-state index contributed by atoms with van der Waals surface area (Å²) >= 11 is 0. The second kappa shape index (κ2) is 7.26. The molecular formula is C17H17NO4. The first kappa shape index (κ1) is 15.6. The molecule has 5 heteroatoms. The first-order chi connectivity index (χ1) is 10.5. The average Bonchev–Trinajstić information content (AvgIpc) is 2.89. The lowest BCUT2D eigenvalue weighted by atomic mass is 10.2. The van der Waals surface area contributed by atoms with E-state index in [1.165, 1.54) is 12.2 Å². The number of hydrogen-bond acceptors (Lipinski definition) is 4. The number of carbonyl (C=O) groups is 2. The van der Waals surface area contributed by atoms with Gasteiger partial charge in [0.2, 0.25) is 0 Å². The van der Waals surface area contributed by atoms with Crippen LogP contribution in [0.3, 0.4) is 0 Å². The topological polar surface area (TPSA) is 68.5 Å². The van der Waals surface area contributed by atoms with Crippen LogP contribution in [-0.4, -0.2) is 18.5 Å². The van der Waals surface area contributed by atoms with E-state index < -0.39 is 5.97 Å². The van der Waals surface area contributed by atoms with Crippen LogP contribution in [-0.2, 0) is 14.3 Å². The Bertz CT molecular complexity index is 700.